The molecule has 8 heteroatoms. The van der Waals surface area contributed by atoms with Gasteiger partial charge in [-0.1, -0.05) is 36.0 Å². The highest BCUT2D eigenvalue weighted by molar-refractivity contribution is 8.04. The molecule has 0 saturated carbocycles. The molecule has 0 N–H and O–H groups in total. The summed E-state index contributed by atoms with van der Waals surface area (Å²) in [5, 5.41) is 11.0. The zero-order valence-electron chi connectivity index (χ0n) is 16.3. The maximum atomic E-state index is 13.4. The van der Waals surface area contributed by atoms with Crippen LogP contribution in [0.2, 0.25) is 0 Å². The van der Waals surface area contributed by atoms with Crippen LogP contribution in [0.3, 0.4) is 0 Å². The number of anilines is 1. The SMILES string of the molecule is COc1cccc(N2C(=O)C(Sc3ccccc3)=C(c3ccc([N+](=O)[O-])cc3)C2=O)c1. The minimum absolute atomic E-state index is 0.0944. The van der Waals surface area contributed by atoms with E-state index in [-0.39, 0.29) is 16.2 Å². The number of ether oxygens (including phenoxy) is 1. The molecular formula is C23H16N2O5S. The highest BCUT2D eigenvalue weighted by Crippen LogP contribution is 2.42. The van der Waals surface area contributed by atoms with E-state index in [1.54, 1.807) is 24.3 Å². The Bertz CT molecular complexity index is 1210. The predicted octanol–water partition coefficient (Wildman–Crippen LogP) is 4.68. The van der Waals surface area contributed by atoms with E-state index in [2.05, 4.69) is 0 Å². The molecule has 154 valence electrons. The number of amides is 2. The van der Waals surface area contributed by atoms with E-state index in [9.17, 15) is 19.7 Å². The molecule has 1 aliphatic heterocycles. The lowest BCUT2D eigenvalue weighted by atomic mass is 10.1. The Morgan fingerprint density at radius 1 is 0.903 bits per heavy atom. The number of nitro groups is 1. The van der Waals surface area contributed by atoms with Gasteiger partial charge in [0.05, 0.1) is 28.2 Å². The summed E-state index contributed by atoms with van der Waals surface area (Å²) in [6.45, 7) is 0. The van der Waals surface area contributed by atoms with Crippen molar-refractivity contribution in [2.24, 2.45) is 0 Å². The van der Waals surface area contributed by atoms with Crippen LogP contribution < -0.4 is 9.64 Å². The fraction of sp³-hybridized carbons (Fsp3) is 0.0435. The number of carbonyl (C=O) groups excluding carboxylic acids is 2. The van der Waals surface area contributed by atoms with Crippen molar-refractivity contribution in [2.75, 3.05) is 12.0 Å². The lowest BCUT2D eigenvalue weighted by molar-refractivity contribution is -0.384. The first kappa shape index (κ1) is 20.4. The minimum Gasteiger partial charge on any atom is -0.497 e. The first-order valence-electron chi connectivity index (χ1n) is 9.24. The molecule has 1 aliphatic rings. The Morgan fingerprint density at radius 3 is 2.26 bits per heavy atom. The Morgan fingerprint density at radius 2 is 1.61 bits per heavy atom. The van der Waals surface area contributed by atoms with Gasteiger partial charge in [-0.25, -0.2) is 4.90 Å². The minimum atomic E-state index is -0.512. The molecular weight excluding hydrogens is 416 g/mol. The molecule has 3 aromatic rings. The van der Waals surface area contributed by atoms with E-state index in [0.717, 1.165) is 9.80 Å². The normalized spacial score (nSPS) is 13.6. The van der Waals surface area contributed by atoms with E-state index < -0.39 is 16.7 Å². The first-order valence-corrected chi connectivity index (χ1v) is 10.1. The molecule has 0 radical (unpaired) electrons. The summed E-state index contributed by atoms with van der Waals surface area (Å²) in [5.41, 5.74) is 0.935. The van der Waals surface area contributed by atoms with Crippen LogP contribution in [0.1, 0.15) is 5.56 Å². The van der Waals surface area contributed by atoms with Crippen LogP contribution in [-0.4, -0.2) is 23.8 Å². The van der Waals surface area contributed by atoms with Gasteiger partial charge in [-0.2, -0.15) is 0 Å². The second-order valence-corrected chi connectivity index (χ2v) is 7.65. The van der Waals surface area contributed by atoms with E-state index >= 15 is 0 Å². The third-order valence-electron chi connectivity index (χ3n) is 4.68. The monoisotopic (exact) mass is 432 g/mol. The summed E-state index contributed by atoms with van der Waals surface area (Å²) in [6, 6.07) is 21.5. The van der Waals surface area contributed by atoms with Gasteiger partial charge in [-0.05, 0) is 42.0 Å². The zero-order chi connectivity index (χ0) is 22.0. The predicted molar refractivity (Wildman–Crippen MR) is 118 cm³/mol. The summed E-state index contributed by atoms with van der Waals surface area (Å²) < 4.78 is 5.22. The number of imide groups is 1. The average Bonchev–Trinajstić information content (AvgIpc) is 3.03. The van der Waals surface area contributed by atoms with Crippen LogP contribution >= 0.6 is 11.8 Å². The van der Waals surface area contributed by atoms with Crippen molar-refractivity contribution in [1.29, 1.82) is 0 Å². The number of non-ortho nitro benzene ring substituents is 1. The van der Waals surface area contributed by atoms with Crippen molar-refractivity contribution in [3.63, 3.8) is 0 Å². The Balaban J connectivity index is 1.81. The van der Waals surface area contributed by atoms with Crippen molar-refractivity contribution in [1.82, 2.24) is 0 Å². The quantitative estimate of drug-likeness (QED) is 0.319. The number of benzene rings is 3. The van der Waals surface area contributed by atoms with Gasteiger partial charge < -0.3 is 4.74 Å². The number of nitrogens with zero attached hydrogens (tertiary/aromatic N) is 2. The van der Waals surface area contributed by atoms with Gasteiger partial charge in [0.25, 0.3) is 17.5 Å². The fourth-order valence-corrected chi connectivity index (χ4v) is 4.21. The number of hydrogen-bond acceptors (Lipinski definition) is 6. The van der Waals surface area contributed by atoms with Gasteiger partial charge in [-0.3, -0.25) is 19.7 Å². The maximum Gasteiger partial charge on any atom is 0.272 e. The van der Waals surface area contributed by atoms with Crippen molar-refractivity contribution in [3.05, 3.63) is 99.4 Å². The number of rotatable bonds is 6. The van der Waals surface area contributed by atoms with E-state index in [4.69, 9.17) is 4.74 Å². The zero-order valence-corrected chi connectivity index (χ0v) is 17.2. The van der Waals surface area contributed by atoms with Crippen LogP contribution in [-0.2, 0) is 9.59 Å². The summed E-state index contributed by atoms with van der Waals surface area (Å²) in [6.07, 6.45) is 0. The second kappa shape index (κ2) is 8.45. The Hall–Kier alpha value is -3.91. The molecule has 0 saturated heterocycles. The molecule has 4 rings (SSSR count). The van der Waals surface area contributed by atoms with Crippen LogP contribution in [0.15, 0.2) is 88.7 Å². The number of nitro benzene ring substituents is 1. The van der Waals surface area contributed by atoms with Gasteiger partial charge in [0, 0.05) is 23.1 Å². The fourth-order valence-electron chi connectivity index (χ4n) is 3.20. The third kappa shape index (κ3) is 3.93. The molecule has 0 aromatic heterocycles. The molecule has 2 amide bonds. The molecule has 3 aromatic carbocycles. The topological polar surface area (TPSA) is 89.8 Å². The van der Waals surface area contributed by atoms with Crippen LogP contribution in [0.25, 0.3) is 5.57 Å². The highest BCUT2D eigenvalue weighted by atomic mass is 32.2. The smallest absolute Gasteiger partial charge is 0.272 e. The molecule has 0 fully saturated rings. The van der Waals surface area contributed by atoms with Gasteiger partial charge in [-0.15, -0.1) is 0 Å². The molecule has 0 atom stereocenters. The number of methoxy groups -OCH3 is 1. The summed E-state index contributed by atoms with van der Waals surface area (Å²) >= 11 is 1.19. The van der Waals surface area contributed by atoms with Crippen molar-refractivity contribution in [2.45, 2.75) is 4.90 Å². The van der Waals surface area contributed by atoms with Gasteiger partial charge >= 0.3 is 0 Å². The molecule has 0 spiro atoms. The molecule has 7 nitrogen and oxygen atoms in total. The summed E-state index contributed by atoms with van der Waals surface area (Å²) in [5.74, 6) is -0.440. The van der Waals surface area contributed by atoms with Crippen LogP contribution in [0, 0.1) is 10.1 Å². The molecule has 0 unspecified atom stereocenters. The lowest BCUT2D eigenvalue weighted by Crippen LogP contribution is -2.31. The largest absolute Gasteiger partial charge is 0.497 e. The van der Waals surface area contributed by atoms with Gasteiger partial charge in [0.15, 0.2) is 0 Å². The standard InChI is InChI=1S/C23H16N2O5S/c1-30-18-7-5-6-17(14-18)24-22(26)20(15-10-12-16(13-11-15)25(28)29)21(23(24)27)31-19-8-3-2-4-9-19/h2-14H,1H3. The second-order valence-electron chi connectivity index (χ2n) is 6.57. The van der Waals surface area contributed by atoms with Crippen LogP contribution in [0.5, 0.6) is 5.75 Å². The van der Waals surface area contributed by atoms with Gasteiger partial charge in [0.1, 0.15) is 5.75 Å². The van der Waals surface area contributed by atoms with E-state index in [1.165, 1.54) is 43.1 Å². The van der Waals surface area contributed by atoms with Crippen molar-refractivity contribution in [3.8, 4) is 5.75 Å². The van der Waals surface area contributed by atoms with Crippen molar-refractivity contribution < 1.29 is 19.2 Å². The molecule has 31 heavy (non-hydrogen) atoms. The molecule has 0 aliphatic carbocycles. The van der Waals surface area contributed by atoms with E-state index in [1.807, 2.05) is 30.3 Å². The Labute approximate surface area is 182 Å². The lowest BCUT2D eigenvalue weighted by Gasteiger charge is -2.16. The summed E-state index contributed by atoms with van der Waals surface area (Å²) in [4.78, 5) is 39.4. The molecule has 0 bridgehead atoms. The first-order chi connectivity index (χ1) is 15.0. The van der Waals surface area contributed by atoms with Gasteiger partial charge in [0.2, 0.25) is 0 Å². The van der Waals surface area contributed by atoms with E-state index in [0.29, 0.717) is 17.0 Å². The van der Waals surface area contributed by atoms with Crippen molar-refractivity contribution >= 4 is 40.5 Å². The molecule has 1 heterocycles. The number of hydrogen-bond donors (Lipinski definition) is 0. The summed E-state index contributed by atoms with van der Waals surface area (Å²) in [7, 11) is 1.50. The third-order valence-corrected chi connectivity index (χ3v) is 5.77. The van der Waals surface area contributed by atoms with Crippen LogP contribution in [0.4, 0.5) is 11.4 Å². The highest BCUT2D eigenvalue weighted by Gasteiger charge is 2.40. The number of thioether (sulfide) groups is 1. The number of carbonyl (C=O) groups is 2. The average molecular weight is 432 g/mol. The Kier molecular flexibility index (Phi) is 5.55. The maximum absolute atomic E-state index is 13.4.